The van der Waals surface area contributed by atoms with Gasteiger partial charge in [0.25, 0.3) is 0 Å². The van der Waals surface area contributed by atoms with E-state index in [0.717, 1.165) is 13.0 Å². The van der Waals surface area contributed by atoms with E-state index >= 15 is 0 Å². The largest absolute Gasteiger partial charge is 0.314 e. The van der Waals surface area contributed by atoms with E-state index in [1.807, 2.05) is 0 Å². The summed E-state index contributed by atoms with van der Waals surface area (Å²) < 4.78 is 24.1. The predicted molar refractivity (Wildman–Crippen MR) is 43.2 cm³/mol. The molecule has 70 valence electrons. The lowest BCUT2D eigenvalue weighted by Crippen LogP contribution is -2.36. The normalized spacial score (nSPS) is 35.2. The smallest absolute Gasteiger partial charge is 0.241 e. The van der Waals surface area contributed by atoms with Gasteiger partial charge < -0.3 is 5.32 Å². The van der Waals surface area contributed by atoms with Crippen LogP contribution in [0.3, 0.4) is 0 Å². The molecule has 2 fully saturated rings. The van der Waals surface area contributed by atoms with E-state index < -0.39 is 6.43 Å². The first kappa shape index (κ1) is 8.42. The Kier molecular flexibility index (Phi) is 2.31. The van der Waals surface area contributed by atoms with Gasteiger partial charge in [-0.3, -0.25) is 0 Å². The molecule has 2 saturated carbocycles. The van der Waals surface area contributed by atoms with Crippen molar-refractivity contribution in [3.05, 3.63) is 0 Å². The molecule has 1 N–H and O–H groups in total. The zero-order valence-electron chi connectivity index (χ0n) is 7.10. The average molecular weight is 175 g/mol. The number of halogens is 2. The van der Waals surface area contributed by atoms with Gasteiger partial charge in [0.1, 0.15) is 0 Å². The molecule has 0 amide bonds. The molecule has 0 spiro atoms. The second kappa shape index (κ2) is 3.29. The topological polar surface area (TPSA) is 12.0 Å². The van der Waals surface area contributed by atoms with Crippen LogP contribution in [0, 0.1) is 11.8 Å². The average Bonchev–Trinajstić information content (AvgIpc) is 2.63. The molecule has 2 atom stereocenters. The number of alkyl halides is 2. The molecular weight excluding hydrogens is 160 g/mol. The molecule has 0 aliphatic heterocycles. The summed E-state index contributed by atoms with van der Waals surface area (Å²) >= 11 is 0. The molecule has 2 rings (SSSR count). The van der Waals surface area contributed by atoms with Crippen LogP contribution < -0.4 is 5.32 Å². The summed E-state index contributed by atoms with van der Waals surface area (Å²) in [6, 6.07) is 0.643. The van der Waals surface area contributed by atoms with Crippen molar-refractivity contribution in [2.75, 3.05) is 6.54 Å². The molecule has 0 heterocycles. The minimum atomic E-state index is -2.09. The Morgan fingerprint density at radius 3 is 2.50 bits per heavy atom. The first-order valence-electron chi connectivity index (χ1n) is 4.79. The summed E-state index contributed by atoms with van der Waals surface area (Å²) in [5.74, 6) is -0.0248. The van der Waals surface area contributed by atoms with Gasteiger partial charge in [0.15, 0.2) is 0 Å². The Morgan fingerprint density at radius 1 is 1.33 bits per heavy atom. The third-order valence-electron chi connectivity index (χ3n) is 3.07. The van der Waals surface area contributed by atoms with Crippen molar-refractivity contribution in [2.45, 2.75) is 38.2 Å². The summed E-state index contributed by atoms with van der Waals surface area (Å²) in [5, 5.41) is 3.33. The van der Waals surface area contributed by atoms with Gasteiger partial charge in [-0.2, -0.15) is 0 Å². The second-order valence-electron chi connectivity index (χ2n) is 4.03. The van der Waals surface area contributed by atoms with Crippen molar-refractivity contribution in [2.24, 2.45) is 11.8 Å². The van der Waals surface area contributed by atoms with Gasteiger partial charge >= 0.3 is 0 Å². The molecule has 0 aromatic rings. The number of nitrogens with one attached hydrogen (secondary N) is 1. The zero-order valence-corrected chi connectivity index (χ0v) is 7.10. The van der Waals surface area contributed by atoms with Crippen LogP contribution in [0.15, 0.2) is 0 Å². The molecule has 3 heteroatoms. The fraction of sp³-hybridized carbons (Fsp3) is 1.00. The van der Waals surface area contributed by atoms with Crippen molar-refractivity contribution in [3.63, 3.8) is 0 Å². The molecule has 2 aliphatic carbocycles. The second-order valence-corrected chi connectivity index (χ2v) is 4.03. The Balaban J connectivity index is 1.57. The highest BCUT2D eigenvalue weighted by molar-refractivity contribution is 4.91. The van der Waals surface area contributed by atoms with E-state index in [1.165, 1.54) is 19.3 Å². The monoisotopic (exact) mass is 175 g/mol. The zero-order chi connectivity index (χ0) is 8.55. The maximum absolute atomic E-state index is 12.1. The molecule has 2 aliphatic rings. The number of rotatable bonds is 4. The third kappa shape index (κ3) is 1.76. The van der Waals surface area contributed by atoms with Gasteiger partial charge in [0, 0.05) is 12.0 Å². The van der Waals surface area contributed by atoms with E-state index in [4.69, 9.17) is 0 Å². The Hall–Kier alpha value is -0.180. The van der Waals surface area contributed by atoms with Crippen molar-refractivity contribution < 1.29 is 8.78 Å². The van der Waals surface area contributed by atoms with Gasteiger partial charge in [-0.25, -0.2) is 8.78 Å². The van der Waals surface area contributed by atoms with Crippen LogP contribution in [0.4, 0.5) is 8.78 Å². The maximum Gasteiger partial charge on any atom is 0.241 e. The highest BCUT2D eigenvalue weighted by atomic mass is 19.3. The lowest BCUT2D eigenvalue weighted by molar-refractivity contribution is 0.115. The van der Waals surface area contributed by atoms with Crippen molar-refractivity contribution >= 4 is 0 Å². The van der Waals surface area contributed by atoms with Gasteiger partial charge in [-0.05, 0) is 31.7 Å². The highest BCUT2D eigenvalue weighted by Crippen LogP contribution is 2.42. The molecule has 2 unspecified atom stereocenters. The van der Waals surface area contributed by atoms with E-state index in [1.54, 1.807) is 0 Å². The van der Waals surface area contributed by atoms with Crippen molar-refractivity contribution in [1.29, 1.82) is 0 Å². The Morgan fingerprint density at radius 2 is 2.08 bits per heavy atom. The van der Waals surface area contributed by atoms with Crippen molar-refractivity contribution in [1.82, 2.24) is 5.32 Å². The fourth-order valence-corrected chi connectivity index (χ4v) is 1.74. The van der Waals surface area contributed by atoms with E-state index in [9.17, 15) is 8.78 Å². The summed E-state index contributed by atoms with van der Waals surface area (Å²) in [6.45, 7) is 0.819. The molecule has 0 aromatic carbocycles. The Labute approximate surface area is 71.5 Å². The van der Waals surface area contributed by atoms with Gasteiger partial charge in [-0.15, -0.1) is 0 Å². The number of hydrogen-bond donors (Lipinski definition) is 1. The Bertz CT molecular complexity index is 157. The third-order valence-corrected chi connectivity index (χ3v) is 3.07. The van der Waals surface area contributed by atoms with Crippen LogP contribution in [-0.2, 0) is 0 Å². The lowest BCUT2D eigenvalue weighted by Gasteiger charge is -2.26. The minimum absolute atomic E-state index is 0.269. The van der Waals surface area contributed by atoms with Crippen LogP contribution in [0.25, 0.3) is 0 Å². The van der Waals surface area contributed by atoms with E-state index in [0.29, 0.717) is 6.04 Å². The van der Waals surface area contributed by atoms with Gasteiger partial charge in [-0.1, -0.05) is 6.42 Å². The highest BCUT2D eigenvalue weighted by Gasteiger charge is 2.43. The van der Waals surface area contributed by atoms with Crippen LogP contribution in [0.2, 0.25) is 0 Å². The maximum atomic E-state index is 12.1. The lowest BCUT2D eigenvalue weighted by atomic mass is 9.93. The molecule has 1 nitrogen and oxygen atoms in total. The number of hydrogen-bond acceptors (Lipinski definition) is 1. The van der Waals surface area contributed by atoms with Gasteiger partial charge in [0.2, 0.25) is 6.43 Å². The molecule has 0 aromatic heterocycles. The first-order valence-corrected chi connectivity index (χ1v) is 4.79. The van der Waals surface area contributed by atoms with E-state index in [-0.39, 0.29) is 11.8 Å². The summed E-state index contributed by atoms with van der Waals surface area (Å²) in [4.78, 5) is 0. The van der Waals surface area contributed by atoms with Gasteiger partial charge in [0.05, 0.1) is 0 Å². The molecule has 0 radical (unpaired) electrons. The summed E-state index contributed by atoms with van der Waals surface area (Å²) in [7, 11) is 0. The SMILES string of the molecule is FC(F)C1CC1CNC1CCC1. The molecule has 12 heavy (non-hydrogen) atoms. The quantitative estimate of drug-likeness (QED) is 0.689. The predicted octanol–water partition coefficient (Wildman–Crippen LogP) is 2.03. The van der Waals surface area contributed by atoms with Crippen LogP contribution in [0.5, 0.6) is 0 Å². The molecule has 0 bridgehead atoms. The minimum Gasteiger partial charge on any atom is -0.314 e. The van der Waals surface area contributed by atoms with Crippen LogP contribution in [0.1, 0.15) is 25.7 Å². The fourth-order valence-electron chi connectivity index (χ4n) is 1.74. The van der Waals surface area contributed by atoms with Crippen LogP contribution >= 0.6 is 0 Å². The standard InChI is InChI=1S/C9H15F2N/c10-9(11)8-4-6(8)5-12-7-2-1-3-7/h6-9,12H,1-5H2. The first-order chi connectivity index (χ1) is 5.77. The molecule has 0 saturated heterocycles. The summed E-state index contributed by atoms with van der Waals surface area (Å²) in [6.07, 6.45) is 2.44. The van der Waals surface area contributed by atoms with Crippen molar-refractivity contribution in [3.8, 4) is 0 Å². The van der Waals surface area contributed by atoms with E-state index in [2.05, 4.69) is 5.32 Å². The van der Waals surface area contributed by atoms with Crippen LogP contribution in [-0.4, -0.2) is 19.0 Å². The summed E-state index contributed by atoms with van der Waals surface area (Å²) in [5.41, 5.74) is 0. The molecular formula is C9H15F2N.